The number of ether oxygens (including phenoxy) is 1. The third-order valence-corrected chi connectivity index (χ3v) is 3.50. The highest BCUT2D eigenvalue weighted by Crippen LogP contribution is 2.31. The minimum Gasteiger partial charge on any atom is -0.455 e. The number of hydrogen-bond donors (Lipinski definition) is 1. The number of aryl methyl sites for hydroxylation is 2. The van der Waals surface area contributed by atoms with Crippen molar-refractivity contribution >= 4 is 16.6 Å². The second-order valence-electron chi connectivity index (χ2n) is 5.12. The number of fused-ring (bicyclic) bond motifs is 1. The first kappa shape index (κ1) is 13.4. The van der Waals surface area contributed by atoms with Gasteiger partial charge in [0.2, 0.25) is 0 Å². The van der Waals surface area contributed by atoms with E-state index in [1.165, 1.54) is 5.56 Å². The molecule has 0 saturated carbocycles. The van der Waals surface area contributed by atoms with Crippen molar-refractivity contribution in [3.05, 3.63) is 59.8 Å². The van der Waals surface area contributed by atoms with Crippen LogP contribution in [0.2, 0.25) is 0 Å². The molecule has 106 valence electrons. The van der Waals surface area contributed by atoms with Crippen LogP contribution in [0.5, 0.6) is 11.5 Å². The standard InChI is InChI=1S/C18H18N2O/c1-3-13-11-16(19)15-5-4-6-17(18(15)20-13)21-14-9-7-12(2)8-10-14/h4-11H,3H2,1-2H3,(H2,19,20). The molecule has 0 bridgehead atoms. The highest BCUT2D eigenvalue weighted by Gasteiger charge is 2.09. The fourth-order valence-corrected chi connectivity index (χ4v) is 2.30. The van der Waals surface area contributed by atoms with Crippen molar-refractivity contribution in [3.8, 4) is 11.5 Å². The molecule has 1 heterocycles. The lowest BCUT2D eigenvalue weighted by atomic mass is 10.1. The number of benzene rings is 2. The molecule has 21 heavy (non-hydrogen) atoms. The molecule has 0 spiro atoms. The molecule has 3 rings (SSSR count). The molecule has 0 atom stereocenters. The van der Waals surface area contributed by atoms with Gasteiger partial charge >= 0.3 is 0 Å². The van der Waals surface area contributed by atoms with Gasteiger partial charge in [0.15, 0.2) is 5.75 Å². The summed E-state index contributed by atoms with van der Waals surface area (Å²) in [7, 11) is 0. The summed E-state index contributed by atoms with van der Waals surface area (Å²) in [6.07, 6.45) is 0.846. The van der Waals surface area contributed by atoms with Crippen molar-refractivity contribution in [2.24, 2.45) is 0 Å². The monoisotopic (exact) mass is 278 g/mol. The Morgan fingerprint density at radius 3 is 2.57 bits per heavy atom. The summed E-state index contributed by atoms with van der Waals surface area (Å²) >= 11 is 0. The molecule has 0 aliphatic rings. The Balaban J connectivity index is 2.09. The van der Waals surface area contributed by atoms with Crippen LogP contribution in [0.25, 0.3) is 10.9 Å². The van der Waals surface area contributed by atoms with Gasteiger partial charge in [-0.1, -0.05) is 36.8 Å². The molecular weight excluding hydrogens is 260 g/mol. The van der Waals surface area contributed by atoms with Crippen LogP contribution in [0.4, 0.5) is 5.69 Å². The summed E-state index contributed by atoms with van der Waals surface area (Å²) in [5, 5.41) is 0.928. The number of nitrogens with two attached hydrogens (primary N) is 1. The molecule has 0 radical (unpaired) electrons. The van der Waals surface area contributed by atoms with E-state index in [1.807, 2.05) is 48.5 Å². The summed E-state index contributed by atoms with van der Waals surface area (Å²) in [6, 6.07) is 15.7. The topological polar surface area (TPSA) is 48.1 Å². The van der Waals surface area contributed by atoms with Gasteiger partial charge in [0.05, 0.1) is 0 Å². The van der Waals surface area contributed by atoms with E-state index in [4.69, 9.17) is 10.5 Å². The molecule has 0 amide bonds. The highest BCUT2D eigenvalue weighted by molar-refractivity contribution is 5.94. The van der Waals surface area contributed by atoms with Gasteiger partial charge in [-0.2, -0.15) is 0 Å². The molecule has 2 N–H and O–H groups in total. The zero-order valence-corrected chi connectivity index (χ0v) is 12.3. The van der Waals surface area contributed by atoms with Crippen LogP contribution in [0, 0.1) is 6.92 Å². The first-order valence-electron chi connectivity index (χ1n) is 7.10. The van der Waals surface area contributed by atoms with Crippen molar-refractivity contribution in [2.45, 2.75) is 20.3 Å². The Hall–Kier alpha value is -2.55. The van der Waals surface area contributed by atoms with Crippen LogP contribution in [0.3, 0.4) is 0 Å². The van der Waals surface area contributed by atoms with Gasteiger partial charge in [-0.15, -0.1) is 0 Å². The lowest BCUT2D eigenvalue weighted by molar-refractivity contribution is 0.487. The van der Waals surface area contributed by atoms with E-state index in [9.17, 15) is 0 Å². The number of aromatic nitrogens is 1. The number of rotatable bonds is 3. The Bertz CT molecular complexity index is 779. The van der Waals surface area contributed by atoms with E-state index < -0.39 is 0 Å². The SMILES string of the molecule is CCc1cc(N)c2cccc(Oc3ccc(C)cc3)c2n1. The van der Waals surface area contributed by atoms with Gasteiger partial charge < -0.3 is 10.5 Å². The van der Waals surface area contributed by atoms with E-state index >= 15 is 0 Å². The van der Waals surface area contributed by atoms with Crippen molar-refractivity contribution in [1.29, 1.82) is 0 Å². The molecular formula is C18H18N2O. The number of pyridine rings is 1. The predicted molar refractivity (Wildman–Crippen MR) is 86.8 cm³/mol. The maximum atomic E-state index is 6.12. The molecule has 0 saturated heterocycles. The van der Waals surface area contributed by atoms with Crippen LogP contribution in [-0.4, -0.2) is 4.98 Å². The van der Waals surface area contributed by atoms with Gasteiger partial charge in [-0.3, -0.25) is 0 Å². The van der Waals surface area contributed by atoms with E-state index in [0.717, 1.165) is 40.2 Å². The van der Waals surface area contributed by atoms with E-state index in [-0.39, 0.29) is 0 Å². The molecule has 3 heteroatoms. The zero-order valence-electron chi connectivity index (χ0n) is 12.3. The van der Waals surface area contributed by atoms with Crippen molar-refractivity contribution in [3.63, 3.8) is 0 Å². The predicted octanol–water partition coefficient (Wildman–Crippen LogP) is 4.48. The van der Waals surface area contributed by atoms with E-state index in [1.54, 1.807) is 0 Å². The maximum absolute atomic E-state index is 6.12. The summed E-state index contributed by atoms with van der Waals surface area (Å²) < 4.78 is 5.98. The molecule has 2 aromatic carbocycles. The number of anilines is 1. The Labute approximate surface area is 124 Å². The second kappa shape index (κ2) is 5.44. The van der Waals surface area contributed by atoms with Crippen LogP contribution in [0.1, 0.15) is 18.2 Å². The minimum atomic E-state index is 0.735. The fraction of sp³-hybridized carbons (Fsp3) is 0.167. The third kappa shape index (κ3) is 2.68. The molecule has 1 aromatic heterocycles. The quantitative estimate of drug-likeness (QED) is 0.768. The average Bonchev–Trinajstić information content (AvgIpc) is 2.50. The summed E-state index contributed by atoms with van der Waals surface area (Å²) in [6.45, 7) is 4.12. The Morgan fingerprint density at radius 1 is 1.10 bits per heavy atom. The second-order valence-corrected chi connectivity index (χ2v) is 5.12. The van der Waals surface area contributed by atoms with Gasteiger partial charge in [0.1, 0.15) is 11.3 Å². The lowest BCUT2D eigenvalue weighted by Crippen LogP contribution is -1.96. The van der Waals surface area contributed by atoms with Gasteiger partial charge in [0.25, 0.3) is 0 Å². The van der Waals surface area contributed by atoms with E-state index in [2.05, 4.69) is 18.8 Å². The molecule has 0 aliphatic carbocycles. The van der Waals surface area contributed by atoms with Crippen LogP contribution in [-0.2, 0) is 6.42 Å². The minimum absolute atomic E-state index is 0.735. The third-order valence-electron chi connectivity index (χ3n) is 3.50. The van der Waals surface area contributed by atoms with Gasteiger partial charge in [-0.25, -0.2) is 4.98 Å². The first-order valence-corrected chi connectivity index (χ1v) is 7.10. The average molecular weight is 278 g/mol. The first-order chi connectivity index (χ1) is 10.2. The molecule has 3 aromatic rings. The normalized spacial score (nSPS) is 10.8. The smallest absolute Gasteiger partial charge is 0.153 e. The van der Waals surface area contributed by atoms with Crippen molar-refractivity contribution in [1.82, 2.24) is 4.98 Å². The molecule has 0 unspecified atom stereocenters. The van der Waals surface area contributed by atoms with Crippen LogP contribution >= 0.6 is 0 Å². The Kier molecular flexibility index (Phi) is 3.48. The summed E-state index contributed by atoms with van der Waals surface area (Å²) in [4.78, 5) is 4.66. The number of nitrogens with zero attached hydrogens (tertiary/aromatic N) is 1. The van der Waals surface area contributed by atoms with Crippen molar-refractivity contribution in [2.75, 3.05) is 5.73 Å². The Morgan fingerprint density at radius 2 is 1.86 bits per heavy atom. The van der Waals surface area contributed by atoms with Gasteiger partial charge in [0, 0.05) is 16.8 Å². The largest absolute Gasteiger partial charge is 0.455 e. The van der Waals surface area contributed by atoms with Crippen LogP contribution < -0.4 is 10.5 Å². The number of para-hydroxylation sites is 1. The molecule has 0 aliphatic heterocycles. The van der Waals surface area contributed by atoms with Crippen molar-refractivity contribution < 1.29 is 4.74 Å². The highest BCUT2D eigenvalue weighted by atomic mass is 16.5. The summed E-state index contributed by atoms with van der Waals surface area (Å²) in [5.41, 5.74) is 9.85. The van der Waals surface area contributed by atoms with Gasteiger partial charge in [-0.05, 0) is 37.6 Å². The number of nitrogen functional groups attached to an aromatic ring is 1. The molecule has 0 fully saturated rings. The lowest BCUT2D eigenvalue weighted by Gasteiger charge is -2.11. The van der Waals surface area contributed by atoms with Crippen LogP contribution in [0.15, 0.2) is 48.5 Å². The number of hydrogen-bond acceptors (Lipinski definition) is 3. The van der Waals surface area contributed by atoms with E-state index in [0.29, 0.717) is 0 Å². The molecule has 3 nitrogen and oxygen atoms in total. The fourth-order valence-electron chi connectivity index (χ4n) is 2.30. The summed E-state index contributed by atoms with van der Waals surface area (Å²) in [5.74, 6) is 1.54. The maximum Gasteiger partial charge on any atom is 0.153 e. The zero-order chi connectivity index (χ0) is 14.8.